The van der Waals surface area contributed by atoms with Crippen LogP contribution in [-0.4, -0.2) is 61.5 Å². The van der Waals surface area contributed by atoms with E-state index >= 15 is 0 Å². The highest BCUT2D eigenvalue weighted by Gasteiger charge is 2.46. The van der Waals surface area contributed by atoms with Gasteiger partial charge in [0.25, 0.3) is 5.92 Å². The fourth-order valence-corrected chi connectivity index (χ4v) is 4.85. The number of aromatic amines is 1. The molecule has 2 unspecified atom stereocenters. The molecule has 1 amide bonds. The zero-order valence-electron chi connectivity index (χ0n) is 19.6. The smallest absolute Gasteiger partial charge is 0.257 e. The van der Waals surface area contributed by atoms with Gasteiger partial charge in [-0.05, 0) is 29.8 Å². The summed E-state index contributed by atoms with van der Waals surface area (Å²) in [6, 6.07) is 11.6. The molecule has 0 spiro atoms. The molecule has 0 radical (unpaired) electrons. The predicted octanol–water partition coefficient (Wildman–Crippen LogP) is 4.71. The Kier molecular flexibility index (Phi) is 6.89. The summed E-state index contributed by atoms with van der Waals surface area (Å²) in [5.74, 6) is -4.12. The van der Waals surface area contributed by atoms with Crippen molar-refractivity contribution in [2.45, 2.75) is 31.2 Å². The largest absolute Gasteiger partial charge is 0.445 e. The highest BCUT2D eigenvalue weighted by Crippen LogP contribution is 2.41. The van der Waals surface area contributed by atoms with Crippen LogP contribution in [0, 0.1) is 5.82 Å². The lowest BCUT2D eigenvalue weighted by Crippen LogP contribution is -2.52. The van der Waals surface area contributed by atoms with Gasteiger partial charge in [-0.3, -0.25) is 9.69 Å². The Hall–Kier alpha value is -3.84. The number of H-pyrrole nitrogens is 1. The maximum Gasteiger partial charge on any atom is 0.257 e. The van der Waals surface area contributed by atoms with E-state index in [4.69, 9.17) is 4.74 Å². The van der Waals surface area contributed by atoms with E-state index in [-0.39, 0.29) is 25.4 Å². The summed E-state index contributed by atoms with van der Waals surface area (Å²) in [6.07, 6.45) is 1.05. The van der Waals surface area contributed by atoms with Gasteiger partial charge in [0.2, 0.25) is 16.8 Å². The van der Waals surface area contributed by atoms with Gasteiger partial charge >= 0.3 is 0 Å². The number of anilines is 1. The quantitative estimate of drug-likeness (QED) is 0.357. The van der Waals surface area contributed by atoms with E-state index in [1.165, 1.54) is 24.4 Å². The third-order valence-corrected chi connectivity index (χ3v) is 7.02. The van der Waals surface area contributed by atoms with Crippen molar-refractivity contribution in [3.05, 3.63) is 66.1 Å². The number of likely N-dealkylation sites (tertiary alicyclic amines) is 1. The first-order chi connectivity index (χ1) is 17.8. The number of alkyl halides is 2. The van der Waals surface area contributed by atoms with Crippen molar-refractivity contribution < 1.29 is 22.7 Å². The highest BCUT2D eigenvalue weighted by molar-refractivity contribution is 7.17. The van der Waals surface area contributed by atoms with Crippen molar-refractivity contribution >= 4 is 22.4 Å². The lowest BCUT2D eigenvalue weighted by atomic mass is 9.86. The van der Waals surface area contributed by atoms with Crippen molar-refractivity contribution in [3.8, 4) is 22.2 Å². The minimum Gasteiger partial charge on any atom is -0.445 e. The summed E-state index contributed by atoms with van der Waals surface area (Å²) >= 11 is 1.08. The van der Waals surface area contributed by atoms with Gasteiger partial charge in [-0.15, -0.1) is 10.2 Å². The van der Waals surface area contributed by atoms with Gasteiger partial charge in [-0.25, -0.2) is 18.2 Å². The first kappa shape index (κ1) is 24.8. The number of carbonyl (C=O) groups is 1. The van der Waals surface area contributed by atoms with Crippen LogP contribution in [0.3, 0.4) is 0 Å². The molecule has 0 bridgehead atoms. The number of amides is 1. The molecule has 2 aromatic carbocycles. The summed E-state index contributed by atoms with van der Waals surface area (Å²) in [4.78, 5) is 18.8. The number of aromatic nitrogens is 5. The number of ether oxygens (including phenoxy) is 1. The molecule has 2 N–H and O–H groups in total. The number of nitrogens with zero attached hydrogens (tertiary/aromatic N) is 5. The van der Waals surface area contributed by atoms with Crippen LogP contribution in [0.15, 0.2) is 54.7 Å². The standard InChI is InChI=1S/C24H22F3N7O2S/c1-14(22(35)29-23-28-12-20(37-23)36-18-4-2-3-17(25)11-18)34-10-9-24(26,27)19(13-34)15-5-7-16(8-6-15)21-30-32-33-31-21/h2-8,11-12,14,19H,9-10,13H2,1H3,(H,28,29,35)(H,30,31,32,33). The number of benzene rings is 2. The lowest BCUT2D eigenvalue weighted by Gasteiger charge is -2.40. The van der Waals surface area contributed by atoms with E-state index < -0.39 is 23.7 Å². The number of carbonyl (C=O) groups excluding carboxylic acids is 1. The third-order valence-electron chi connectivity index (χ3n) is 6.23. The molecular formula is C24H22F3N7O2S. The molecular weight excluding hydrogens is 507 g/mol. The summed E-state index contributed by atoms with van der Waals surface area (Å²) < 4.78 is 48.8. The Balaban J connectivity index is 1.23. The van der Waals surface area contributed by atoms with Crippen LogP contribution >= 0.6 is 11.3 Å². The number of piperidine rings is 1. The highest BCUT2D eigenvalue weighted by atomic mass is 32.1. The van der Waals surface area contributed by atoms with Crippen LogP contribution in [-0.2, 0) is 4.79 Å². The minimum atomic E-state index is -2.92. The maximum atomic E-state index is 14.9. The average molecular weight is 530 g/mol. The number of rotatable bonds is 7. The average Bonchev–Trinajstić information content (AvgIpc) is 3.56. The second-order valence-corrected chi connectivity index (χ2v) is 9.62. The Morgan fingerprint density at radius 3 is 2.81 bits per heavy atom. The fourth-order valence-electron chi connectivity index (χ4n) is 4.16. The Labute approximate surface area is 213 Å². The Morgan fingerprint density at radius 1 is 1.27 bits per heavy atom. The van der Waals surface area contributed by atoms with Crippen LogP contribution in [0.5, 0.6) is 10.8 Å². The van der Waals surface area contributed by atoms with Crippen molar-refractivity contribution in [1.29, 1.82) is 0 Å². The van der Waals surface area contributed by atoms with Crippen LogP contribution < -0.4 is 10.1 Å². The topological polar surface area (TPSA) is 109 Å². The van der Waals surface area contributed by atoms with Crippen LogP contribution in [0.1, 0.15) is 24.8 Å². The molecule has 4 aromatic rings. The fraction of sp³-hybridized carbons (Fsp3) is 0.292. The normalized spacial score (nSPS) is 18.3. The third kappa shape index (κ3) is 5.62. The molecule has 5 rings (SSSR count). The predicted molar refractivity (Wildman–Crippen MR) is 130 cm³/mol. The zero-order chi connectivity index (χ0) is 26.0. The molecule has 0 saturated carbocycles. The van der Waals surface area contributed by atoms with Gasteiger partial charge in [-0.1, -0.05) is 41.7 Å². The van der Waals surface area contributed by atoms with Gasteiger partial charge in [0.15, 0.2) is 5.13 Å². The number of halogens is 3. The molecule has 3 heterocycles. The molecule has 2 atom stereocenters. The summed E-state index contributed by atoms with van der Waals surface area (Å²) in [6.45, 7) is 1.76. The van der Waals surface area contributed by atoms with Gasteiger partial charge in [0.05, 0.1) is 18.2 Å². The Morgan fingerprint density at radius 2 is 2.08 bits per heavy atom. The van der Waals surface area contributed by atoms with Crippen LogP contribution in [0.4, 0.5) is 18.3 Å². The van der Waals surface area contributed by atoms with Crippen molar-refractivity contribution in [1.82, 2.24) is 30.5 Å². The van der Waals surface area contributed by atoms with Crippen LogP contribution in [0.25, 0.3) is 11.4 Å². The molecule has 37 heavy (non-hydrogen) atoms. The van der Waals surface area contributed by atoms with Gasteiger partial charge in [0, 0.05) is 31.1 Å². The van der Waals surface area contributed by atoms with Crippen LogP contribution in [0.2, 0.25) is 0 Å². The van der Waals surface area contributed by atoms with E-state index in [9.17, 15) is 18.0 Å². The summed E-state index contributed by atoms with van der Waals surface area (Å²) in [7, 11) is 0. The second kappa shape index (κ2) is 10.3. The number of hydrogen-bond donors (Lipinski definition) is 2. The first-order valence-corrected chi connectivity index (χ1v) is 12.3. The molecule has 9 nitrogen and oxygen atoms in total. The molecule has 1 saturated heterocycles. The number of nitrogens with one attached hydrogen (secondary N) is 2. The molecule has 192 valence electrons. The molecule has 0 aliphatic carbocycles. The summed E-state index contributed by atoms with van der Waals surface area (Å²) in [5.41, 5.74) is 1.12. The monoisotopic (exact) mass is 529 g/mol. The van der Waals surface area contributed by atoms with Crippen molar-refractivity contribution in [2.75, 3.05) is 18.4 Å². The van der Waals surface area contributed by atoms with E-state index in [0.717, 1.165) is 11.3 Å². The lowest BCUT2D eigenvalue weighted by molar-refractivity contribution is -0.125. The second-order valence-electron chi connectivity index (χ2n) is 8.63. The first-order valence-electron chi connectivity index (χ1n) is 11.4. The van der Waals surface area contributed by atoms with Gasteiger partial charge in [0.1, 0.15) is 11.6 Å². The molecule has 2 aromatic heterocycles. The molecule has 13 heteroatoms. The van der Waals surface area contributed by atoms with E-state index in [1.807, 2.05) is 0 Å². The van der Waals surface area contributed by atoms with Crippen molar-refractivity contribution in [3.63, 3.8) is 0 Å². The van der Waals surface area contributed by atoms with Crippen molar-refractivity contribution in [2.24, 2.45) is 0 Å². The van der Waals surface area contributed by atoms with Gasteiger partial charge in [-0.2, -0.15) is 5.21 Å². The van der Waals surface area contributed by atoms with E-state index in [2.05, 4.69) is 30.9 Å². The SMILES string of the molecule is CC(C(=O)Nc1ncc(Oc2cccc(F)c2)s1)N1CCC(F)(F)C(c2ccc(-c3nn[nH]n3)cc2)C1. The molecule has 1 aliphatic heterocycles. The maximum absolute atomic E-state index is 14.9. The molecule has 1 fully saturated rings. The Bertz CT molecular complexity index is 1360. The number of thiazole rings is 1. The summed E-state index contributed by atoms with van der Waals surface area (Å²) in [5, 5.41) is 17.0. The zero-order valence-corrected chi connectivity index (χ0v) is 20.4. The van der Waals surface area contributed by atoms with E-state index in [1.54, 1.807) is 42.2 Å². The van der Waals surface area contributed by atoms with E-state index in [0.29, 0.717) is 32.9 Å². The van der Waals surface area contributed by atoms with Gasteiger partial charge < -0.3 is 10.1 Å². The molecule has 1 aliphatic rings. The number of tetrazole rings is 1. The number of hydrogen-bond acceptors (Lipinski definition) is 8. The minimum absolute atomic E-state index is 0.00887.